The SMILES string of the molecule is COc1nccnc1OC1CCN(C(=O)c2c[nH]c(=O)c(Cl)c2)C1. The minimum absolute atomic E-state index is 0.0165. The highest BCUT2D eigenvalue weighted by Crippen LogP contribution is 2.24. The number of pyridine rings is 1. The molecule has 1 unspecified atom stereocenters. The van der Waals surface area contributed by atoms with Crippen LogP contribution in [0.5, 0.6) is 11.8 Å². The van der Waals surface area contributed by atoms with Crippen molar-refractivity contribution in [3.8, 4) is 11.8 Å². The first-order valence-corrected chi connectivity index (χ1v) is 7.65. The van der Waals surface area contributed by atoms with Crippen LogP contribution in [0.2, 0.25) is 5.02 Å². The summed E-state index contributed by atoms with van der Waals surface area (Å²) in [5, 5.41) is -0.0165. The van der Waals surface area contributed by atoms with Crippen LogP contribution in [0.3, 0.4) is 0 Å². The number of H-pyrrole nitrogens is 1. The number of hydrogen-bond acceptors (Lipinski definition) is 6. The topological polar surface area (TPSA) is 97.4 Å². The average molecular weight is 351 g/mol. The van der Waals surface area contributed by atoms with Crippen molar-refractivity contribution in [3.05, 3.63) is 45.6 Å². The standard InChI is InChI=1S/C15H15ClN4O4/c1-23-13-14(18-4-3-17-13)24-10-2-5-20(8-10)15(22)9-6-11(16)12(21)19-7-9/h3-4,6-7,10H,2,5,8H2,1H3,(H,19,21). The van der Waals surface area contributed by atoms with Gasteiger partial charge in [0.15, 0.2) is 0 Å². The van der Waals surface area contributed by atoms with Crippen molar-refractivity contribution in [2.45, 2.75) is 12.5 Å². The van der Waals surface area contributed by atoms with E-state index in [2.05, 4.69) is 15.0 Å². The average Bonchev–Trinajstić information content (AvgIpc) is 3.05. The van der Waals surface area contributed by atoms with Crippen molar-refractivity contribution in [3.63, 3.8) is 0 Å². The first-order valence-electron chi connectivity index (χ1n) is 7.27. The van der Waals surface area contributed by atoms with Crippen LogP contribution in [0.25, 0.3) is 0 Å². The number of carbonyl (C=O) groups is 1. The second-order valence-electron chi connectivity index (χ2n) is 5.22. The van der Waals surface area contributed by atoms with E-state index in [1.54, 1.807) is 4.90 Å². The largest absolute Gasteiger partial charge is 0.477 e. The Hall–Kier alpha value is -2.61. The molecule has 8 nitrogen and oxygen atoms in total. The van der Waals surface area contributed by atoms with Gasteiger partial charge in [0.1, 0.15) is 11.1 Å². The van der Waals surface area contributed by atoms with E-state index in [9.17, 15) is 9.59 Å². The van der Waals surface area contributed by atoms with E-state index >= 15 is 0 Å². The Morgan fingerprint density at radius 2 is 2.12 bits per heavy atom. The molecule has 0 saturated carbocycles. The van der Waals surface area contributed by atoms with E-state index in [-0.39, 0.29) is 17.0 Å². The molecule has 0 bridgehead atoms. The molecule has 1 aliphatic heterocycles. The van der Waals surface area contributed by atoms with Gasteiger partial charge in [0.25, 0.3) is 23.2 Å². The lowest BCUT2D eigenvalue weighted by Gasteiger charge is -2.17. The predicted octanol–water partition coefficient (Wildman–Crippen LogP) is 1.12. The van der Waals surface area contributed by atoms with Gasteiger partial charge in [-0.25, -0.2) is 9.97 Å². The van der Waals surface area contributed by atoms with Crippen LogP contribution in [0.4, 0.5) is 0 Å². The highest BCUT2D eigenvalue weighted by Gasteiger charge is 2.29. The molecular weight excluding hydrogens is 336 g/mol. The minimum atomic E-state index is -0.425. The fourth-order valence-electron chi connectivity index (χ4n) is 2.46. The molecule has 2 aromatic heterocycles. The zero-order chi connectivity index (χ0) is 17.1. The van der Waals surface area contributed by atoms with Crippen LogP contribution in [0.1, 0.15) is 16.8 Å². The Kier molecular flexibility index (Phi) is 4.66. The molecule has 0 radical (unpaired) electrons. The number of halogens is 1. The maximum atomic E-state index is 12.5. The van der Waals surface area contributed by atoms with Crippen molar-refractivity contribution in [1.82, 2.24) is 19.9 Å². The minimum Gasteiger partial charge on any atom is -0.477 e. The smallest absolute Gasteiger partial charge is 0.278 e. The van der Waals surface area contributed by atoms with Gasteiger partial charge in [-0.3, -0.25) is 9.59 Å². The van der Waals surface area contributed by atoms with Crippen LogP contribution in [0, 0.1) is 0 Å². The second kappa shape index (κ2) is 6.88. The third-order valence-corrected chi connectivity index (χ3v) is 3.92. The summed E-state index contributed by atoms with van der Waals surface area (Å²) in [6.07, 6.45) is 4.82. The zero-order valence-electron chi connectivity index (χ0n) is 12.9. The maximum absolute atomic E-state index is 12.5. The zero-order valence-corrected chi connectivity index (χ0v) is 13.6. The summed E-state index contributed by atoms with van der Waals surface area (Å²) in [5.41, 5.74) is -0.0945. The number of methoxy groups -OCH3 is 1. The van der Waals surface area contributed by atoms with E-state index in [0.717, 1.165) is 0 Å². The van der Waals surface area contributed by atoms with Gasteiger partial charge in [0.2, 0.25) is 0 Å². The van der Waals surface area contributed by atoms with Crippen molar-refractivity contribution < 1.29 is 14.3 Å². The Bertz CT molecular complexity index is 810. The van der Waals surface area contributed by atoms with Crippen LogP contribution >= 0.6 is 11.6 Å². The molecule has 2 aromatic rings. The van der Waals surface area contributed by atoms with Gasteiger partial charge in [-0.1, -0.05) is 11.6 Å². The maximum Gasteiger partial charge on any atom is 0.278 e. The van der Waals surface area contributed by atoms with Gasteiger partial charge < -0.3 is 19.4 Å². The van der Waals surface area contributed by atoms with E-state index in [1.165, 1.54) is 31.8 Å². The fourth-order valence-corrected chi connectivity index (χ4v) is 2.63. The summed E-state index contributed by atoms with van der Waals surface area (Å²) in [6.45, 7) is 0.929. The number of hydrogen-bond donors (Lipinski definition) is 1. The monoisotopic (exact) mass is 350 g/mol. The van der Waals surface area contributed by atoms with E-state index in [4.69, 9.17) is 21.1 Å². The van der Waals surface area contributed by atoms with E-state index in [0.29, 0.717) is 36.8 Å². The summed E-state index contributed by atoms with van der Waals surface area (Å²) in [5.74, 6) is 0.381. The van der Waals surface area contributed by atoms with Crippen molar-refractivity contribution in [1.29, 1.82) is 0 Å². The number of carbonyl (C=O) groups excluding carboxylic acids is 1. The first-order chi connectivity index (χ1) is 11.6. The number of amides is 1. The van der Waals surface area contributed by atoms with Gasteiger partial charge in [0.05, 0.1) is 19.2 Å². The van der Waals surface area contributed by atoms with Crippen LogP contribution in [-0.4, -0.2) is 52.1 Å². The predicted molar refractivity (Wildman–Crippen MR) is 85.6 cm³/mol. The number of aromatic amines is 1. The molecule has 3 heterocycles. The molecule has 1 aliphatic rings. The number of aromatic nitrogens is 3. The van der Waals surface area contributed by atoms with Crippen LogP contribution < -0.4 is 15.0 Å². The molecule has 1 fully saturated rings. The highest BCUT2D eigenvalue weighted by atomic mass is 35.5. The van der Waals surface area contributed by atoms with E-state index < -0.39 is 5.56 Å². The number of likely N-dealkylation sites (tertiary alicyclic amines) is 1. The summed E-state index contributed by atoms with van der Waals surface area (Å²) in [7, 11) is 1.49. The molecule has 9 heteroatoms. The molecular formula is C15H15ClN4O4. The molecule has 1 atom stereocenters. The molecule has 0 aromatic carbocycles. The number of nitrogens with zero attached hydrogens (tertiary/aromatic N) is 3. The molecule has 3 rings (SSSR count). The molecule has 126 valence electrons. The second-order valence-corrected chi connectivity index (χ2v) is 5.62. The lowest BCUT2D eigenvalue weighted by Crippen LogP contribution is -2.31. The number of ether oxygens (including phenoxy) is 2. The third kappa shape index (κ3) is 3.33. The molecule has 1 saturated heterocycles. The van der Waals surface area contributed by atoms with Crippen LogP contribution in [0.15, 0.2) is 29.5 Å². The number of nitrogens with one attached hydrogen (secondary N) is 1. The molecule has 1 N–H and O–H groups in total. The lowest BCUT2D eigenvalue weighted by molar-refractivity contribution is 0.0769. The summed E-state index contributed by atoms with van der Waals surface area (Å²) >= 11 is 5.77. The Morgan fingerprint density at radius 3 is 2.83 bits per heavy atom. The van der Waals surface area contributed by atoms with Crippen molar-refractivity contribution >= 4 is 17.5 Å². The summed E-state index contributed by atoms with van der Waals surface area (Å²) in [6, 6.07) is 1.36. The highest BCUT2D eigenvalue weighted by molar-refractivity contribution is 6.30. The van der Waals surface area contributed by atoms with Gasteiger partial charge in [-0.2, -0.15) is 0 Å². The fraction of sp³-hybridized carbons (Fsp3) is 0.333. The van der Waals surface area contributed by atoms with Crippen molar-refractivity contribution in [2.24, 2.45) is 0 Å². The lowest BCUT2D eigenvalue weighted by atomic mass is 10.2. The van der Waals surface area contributed by atoms with Crippen LogP contribution in [-0.2, 0) is 0 Å². The molecule has 0 aliphatic carbocycles. The normalized spacial score (nSPS) is 16.9. The van der Waals surface area contributed by atoms with Crippen molar-refractivity contribution in [2.75, 3.05) is 20.2 Å². The third-order valence-electron chi connectivity index (χ3n) is 3.64. The number of rotatable bonds is 4. The Labute approximate surface area is 142 Å². The van der Waals surface area contributed by atoms with E-state index in [1.807, 2.05) is 0 Å². The quantitative estimate of drug-likeness (QED) is 0.887. The van der Waals surface area contributed by atoms with Gasteiger partial charge in [-0.05, 0) is 6.07 Å². The summed E-state index contributed by atoms with van der Waals surface area (Å²) < 4.78 is 10.9. The van der Waals surface area contributed by atoms with Gasteiger partial charge in [0, 0.05) is 31.6 Å². The van der Waals surface area contributed by atoms with Gasteiger partial charge in [-0.15, -0.1) is 0 Å². The van der Waals surface area contributed by atoms with Gasteiger partial charge >= 0.3 is 0 Å². The molecule has 24 heavy (non-hydrogen) atoms. The molecule has 1 amide bonds. The summed E-state index contributed by atoms with van der Waals surface area (Å²) in [4.78, 5) is 35.9. The Morgan fingerprint density at radius 1 is 1.38 bits per heavy atom. The first kappa shape index (κ1) is 16.3. The molecule has 0 spiro atoms. The Balaban J connectivity index is 1.67.